The summed E-state index contributed by atoms with van der Waals surface area (Å²) >= 11 is 1.51. The van der Waals surface area contributed by atoms with E-state index in [1.807, 2.05) is 18.2 Å². The van der Waals surface area contributed by atoms with Crippen molar-refractivity contribution in [2.24, 2.45) is 0 Å². The smallest absolute Gasteiger partial charge is 0.261 e. The SMILES string of the molecule is O=C(NC1CC2CCC1N2)c1ccc(-c2ccoc2)s1. The van der Waals surface area contributed by atoms with Crippen LogP contribution in [-0.4, -0.2) is 24.0 Å². The first-order valence-electron chi connectivity index (χ1n) is 6.99. The Labute approximate surface area is 121 Å². The average Bonchev–Trinajstić information content (AvgIpc) is 3.21. The van der Waals surface area contributed by atoms with Crippen LogP contribution in [0.4, 0.5) is 0 Å². The first-order chi connectivity index (χ1) is 9.79. The maximum Gasteiger partial charge on any atom is 0.261 e. The monoisotopic (exact) mass is 288 g/mol. The van der Waals surface area contributed by atoms with Crippen molar-refractivity contribution in [3.8, 4) is 10.4 Å². The Morgan fingerprint density at radius 1 is 1.35 bits per heavy atom. The average molecular weight is 288 g/mol. The van der Waals surface area contributed by atoms with Crippen molar-refractivity contribution in [2.45, 2.75) is 37.4 Å². The van der Waals surface area contributed by atoms with Gasteiger partial charge >= 0.3 is 0 Å². The second-order valence-electron chi connectivity index (χ2n) is 5.54. The zero-order chi connectivity index (χ0) is 13.5. The molecule has 0 aliphatic carbocycles. The number of amides is 1. The second kappa shape index (κ2) is 4.75. The lowest BCUT2D eigenvalue weighted by molar-refractivity contribution is 0.0935. The molecule has 2 saturated heterocycles. The van der Waals surface area contributed by atoms with Crippen LogP contribution in [0.5, 0.6) is 0 Å². The summed E-state index contributed by atoms with van der Waals surface area (Å²) in [7, 11) is 0. The fourth-order valence-corrected chi connectivity index (χ4v) is 4.14. The number of thiophene rings is 1. The minimum Gasteiger partial charge on any atom is -0.472 e. The molecule has 0 aromatic carbocycles. The molecule has 2 aliphatic heterocycles. The molecule has 104 valence electrons. The van der Waals surface area contributed by atoms with Gasteiger partial charge in [-0.25, -0.2) is 0 Å². The van der Waals surface area contributed by atoms with Gasteiger partial charge in [-0.05, 0) is 37.5 Å². The van der Waals surface area contributed by atoms with E-state index in [1.54, 1.807) is 12.5 Å². The number of nitrogens with one attached hydrogen (secondary N) is 2. The van der Waals surface area contributed by atoms with Crippen LogP contribution >= 0.6 is 11.3 Å². The number of hydrogen-bond acceptors (Lipinski definition) is 4. The van der Waals surface area contributed by atoms with Crippen molar-refractivity contribution in [3.05, 3.63) is 35.6 Å². The minimum atomic E-state index is 0.0455. The zero-order valence-electron chi connectivity index (χ0n) is 11.0. The highest BCUT2D eigenvalue weighted by Crippen LogP contribution is 2.30. The third-order valence-corrected chi connectivity index (χ3v) is 5.39. The van der Waals surface area contributed by atoms with Gasteiger partial charge in [-0.1, -0.05) is 0 Å². The molecule has 2 fully saturated rings. The van der Waals surface area contributed by atoms with E-state index in [4.69, 9.17) is 4.42 Å². The zero-order valence-corrected chi connectivity index (χ0v) is 11.8. The quantitative estimate of drug-likeness (QED) is 0.913. The third-order valence-electron chi connectivity index (χ3n) is 4.25. The number of carbonyl (C=O) groups excluding carboxylic acids is 1. The van der Waals surface area contributed by atoms with Gasteiger partial charge in [0.05, 0.1) is 17.4 Å². The molecular weight excluding hydrogens is 272 g/mol. The van der Waals surface area contributed by atoms with Gasteiger partial charge in [0.25, 0.3) is 5.91 Å². The molecule has 0 saturated carbocycles. The van der Waals surface area contributed by atoms with E-state index in [2.05, 4.69) is 10.6 Å². The molecule has 3 atom stereocenters. The Balaban J connectivity index is 1.46. The number of fused-ring (bicyclic) bond motifs is 2. The van der Waals surface area contributed by atoms with Gasteiger partial charge in [0.2, 0.25) is 0 Å². The highest BCUT2D eigenvalue weighted by Gasteiger charge is 2.39. The molecular formula is C15H16N2O2S. The van der Waals surface area contributed by atoms with Gasteiger partial charge < -0.3 is 15.1 Å². The standard InChI is InChI=1S/C15H16N2O2S/c18-15(17-12-7-10-1-2-11(12)16-10)14-4-3-13(20-14)9-5-6-19-8-9/h3-6,8,10-12,16H,1-2,7H2,(H,17,18). The lowest BCUT2D eigenvalue weighted by Crippen LogP contribution is -2.42. The van der Waals surface area contributed by atoms with Crippen molar-refractivity contribution >= 4 is 17.2 Å². The van der Waals surface area contributed by atoms with Crippen LogP contribution in [0.25, 0.3) is 10.4 Å². The topological polar surface area (TPSA) is 54.3 Å². The molecule has 4 rings (SSSR count). The second-order valence-corrected chi connectivity index (χ2v) is 6.62. The molecule has 2 N–H and O–H groups in total. The lowest BCUT2D eigenvalue weighted by atomic mass is 9.95. The van der Waals surface area contributed by atoms with E-state index in [1.165, 1.54) is 24.2 Å². The predicted molar refractivity (Wildman–Crippen MR) is 77.8 cm³/mol. The Kier molecular flexibility index (Phi) is 2.89. The Bertz CT molecular complexity index is 620. The summed E-state index contributed by atoms with van der Waals surface area (Å²) in [5, 5.41) is 6.71. The maximum absolute atomic E-state index is 12.3. The van der Waals surface area contributed by atoms with Crippen LogP contribution in [-0.2, 0) is 0 Å². The van der Waals surface area contributed by atoms with E-state index < -0.39 is 0 Å². The normalized spacial score (nSPS) is 27.9. The number of rotatable bonds is 3. The van der Waals surface area contributed by atoms with Crippen LogP contribution in [0.3, 0.4) is 0 Å². The third kappa shape index (κ3) is 2.07. The molecule has 5 heteroatoms. The number of hydrogen-bond donors (Lipinski definition) is 2. The molecule has 2 aromatic rings. The van der Waals surface area contributed by atoms with Gasteiger partial charge in [-0.2, -0.15) is 0 Å². The molecule has 3 unspecified atom stereocenters. The minimum absolute atomic E-state index is 0.0455. The van der Waals surface area contributed by atoms with Crippen molar-refractivity contribution < 1.29 is 9.21 Å². The van der Waals surface area contributed by atoms with Crippen LogP contribution in [0.15, 0.2) is 35.1 Å². The van der Waals surface area contributed by atoms with Crippen LogP contribution < -0.4 is 10.6 Å². The van der Waals surface area contributed by atoms with Gasteiger partial charge in [-0.3, -0.25) is 4.79 Å². The van der Waals surface area contributed by atoms with Gasteiger partial charge in [0.15, 0.2) is 0 Å². The summed E-state index contributed by atoms with van der Waals surface area (Å²) in [6.07, 6.45) is 6.85. The van der Waals surface area contributed by atoms with Gasteiger partial charge in [0, 0.05) is 28.6 Å². The predicted octanol–water partition coefficient (Wildman–Crippen LogP) is 2.63. The maximum atomic E-state index is 12.3. The number of carbonyl (C=O) groups is 1. The van der Waals surface area contributed by atoms with Gasteiger partial charge in [0.1, 0.15) is 0 Å². The molecule has 2 bridgehead atoms. The largest absolute Gasteiger partial charge is 0.472 e. The highest BCUT2D eigenvalue weighted by atomic mass is 32.1. The summed E-state index contributed by atoms with van der Waals surface area (Å²) in [5.74, 6) is 0.0455. The summed E-state index contributed by atoms with van der Waals surface area (Å²) < 4.78 is 5.08. The summed E-state index contributed by atoms with van der Waals surface area (Å²) in [4.78, 5) is 14.1. The van der Waals surface area contributed by atoms with E-state index in [0.717, 1.165) is 21.7 Å². The molecule has 20 heavy (non-hydrogen) atoms. The molecule has 4 heterocycles. The summed E-state index contributed by atoms with van der Waals surface area (Å²) in [6.45, 7) is 0. The van der Waals surface area contributed by atoms with E-state index in [9.17, 15) is 4.79 Å². The van der Waals surface area contributed by atoms with E-state index >= 15 is 0 Å². The number of furan rings is 1. The summed E-state index contributed by atoms with van der Waals surface area (Å²) in [5.41, 5.74) is 1.02. The first-order valence-corrected chi connectivity index (χ1v) is 7.80. The molecule has 4 nitrogen and oxygen atoms in total. The van der Waals surface area contributed by atoms with Crippen molar-refractivity contribution in [3.63, 3.8) is 0 Å². The van der Waals surface area contributed by atoms with E-state index in [-0.39, 0.29) is 5.91 Å². The Morgan fingerprint density at radius 3 is 3.00 bits per heavy atom. The molecule has 2 aromatic heterocycles. The van der Waals surface area contributed by atoms with Gasteiger partial charge in [-0.15, -0.1) is 11.3 Å². The van der Waals surface area contributed by atoms with Crippen molar-refractivity contribution in [1.29, 1.82) is 0 Å². The van der Waals surface area contributed by atoms with E-state index in [0.29, 0.717) is 18.1 Å². The molecule has 0 spiro atoms. The highest BCUT2D eigenvalue weighted by molar-refractivity contribution is 7.17. The Morgan fingerprint density at radius 2 is 2.30 bits per heavy atom. The lowest BCUT2D eigenvalue weighted by Gasteiger charge is -2.20. The molecule has 1 amide bonds. The fourth-order valence-electron chi connectivity index (χ4n) is 3.24. The Hall–Kier alpha value is -1.59. The summed E-state index contributed by atoms with van der Waals surface area (Å²) in [6, 6.07) is 7.15. The fraction of sp³-hybridized carbons (Fsp3) is 0.400. The van der Waals surface area contributed by atoms with Crippen molar-refractivity contribution in [1.82, 2.24) is 10.6 Å². The first kappa shape index (κ1) is 12.2. The van der Waals surface area contributed by atoms with Crippen molar-refractivity contribution in [2.75, 3.05) is 0 Å². The molecule has 2 aliphatic rings. The van der Waals surface area contributed by atoms with Crippen LogP contribution in [0.2, 0.25) is 0 Å². The van der Waals surface area contributed by atoms with Crippen LogP contribution in [0, 0.1) is 0 Å². The molecule has 0 radical (unpaired) electrons. The van der Waals surface area contributed by atoms with Crippen LogP contribution in [0.1, 0.15) is 28.9 Å².